The lowest BCUT2D eigenvalue weighted by Gasteiger charge is -2.11. The van der Waals surface area contributed by atoms with Crippen LogP contribution < -0.4 is 5.32 Å². The van der Waals surface area contributed by atoms with Gasteiger partial charge in [0.1, 0.15) is 11.6 Å². The van der Waals surface area contributed by atoms with Crippen molar-refractivity contribution >= 4 is 21.7 Å². The van der Waals surface area contributed by atoms with Crippen LogP contribution >= 0.6 is 15.9 Å². The standard InChI is InChI=1S/C17H20BrN3/c1-2-10-19-17-14-4-3-5-15(14)20-16(21-17)11-12-6-8-13(18)9-7-12/h6-9H,2-5,10-11H2,1H3,(H,19,20,21). The number of hydrogen-bond acceptors (Lipinski definition) is 3. The molecule has 0 aliphatic heterocycles. The van der Waals surface area contributed by atoms with Crippen molar-refractivity contribution in [2.24, 2.45) is 0 Å². The summed E-state index contributed by atoms with van der Waals surface area (Å²) in [5, 5.41) is 3.47. The molecule has 0 spiro atoms. The van der Waals surface area contributed by atoms with Crippen LogP contribution in [0.3, 0.4) is 0 Å². The molecule has 0 bridgehead atoms. The monoisotopic (exact) mass is 345 g/mol. The Morgan fingerprint density at radius 3 is 2.71 bits per heavy atom. The lowest BCUT2D eigenvalue weighted by molar-refractivity contribution is 0.884. The Hall–Kier alpha value is -1.42. The molecule has 0 amide bonds. The van der Waals surface area contributed by atoms with Crippen LogP contribution in [0.1, 0.15) is 42.4 Å². The third kappa shape index (κ3) is 3.43. The van der Waals surface area contributed by atoms with Crippen molar-refractivity contribution in [2.45, 2.75) is 39.0 Å². The first-order chi connectivity index (χ1) is 10.3. The zero-order chi connectivity index (χ0) is 14.7. The van der Waals surface area contributed by atoms with E-state index in [4.69, 9.17) is 9.97 Å². The second-order valence-corrected chi connectivity index (χ2v) is 6.41. The number of aryl methyl sites for hydroxylation is 1. The molecule has 110 valence electrons. The van der Waals surface area contributed by atoms with Crippen molar-refractivity contribution in [2.75, 3.05) is 11.9 Å². The molecular weight excluding hydrogens is 326 g/mol. The zero-order valence-electron chi connectivity index (χ0n) is 12.3. The van der Waals surface area contributed by atoms with Crippen LogP contribution in [0, 0.1) is 0 Å². The van der Waals surface area contributed by atoms with Gasteiger partial charge in [0, 0.05) is 28.7 Å². The normalized spacial score (nSPS) is 13.2. The third-order valence-corrected chi connectivity index (χ3v) is 4.33. The van der Waals surface area contributed by atoms with Crippen LogP contribution in [0.4, 0.5) is 5.82 Å². The van der Waals surface area contributed by atoms with E-state index in [-0.39, 0.29) is 0 Å². The quantitative estimate of drug-likeness (QED) is 0.884. The van der Waals surface area contributed by atoms with E-state index in [1.165, 1.54) is 23.2 Å². The van der Waals surface area contributed by atoms with Gasteiger partial charge in [-0.1, -0.05) is 35.0 Å². The molecule has 0 radical (unpaired) electrons. The van der Waals surface area contributed by atoms with Gasteiger partial charge in [-0.25, -0.2) is 9.97 Å². The smallest absolute Gasteiger partial charge is 0.135 e. The largest absolute Gasteiger partial charge is 0.370 e. The topological polar surface area (TPSA) is 37.8 Å². The SMILES string of the molecule is CCCNc1nc(Cc2ccc(Br)cc2)nc2c1CCC2. The highest BCUT2D eigenvalue weighted by Gasteiger charge is 2.19. The van der Waals surface area contributed by atoms with Gasteiger partial charge >= 0.3 is 0 Å². The van der Waals surface area contributed by atoms with Crippen molar-refractivity contribution in [3.05, 3.63) is 51.4 Å². The molecule has 4 heteroatoms. The Balaban J connectivity index is 1.86. The van der Waals surface area contributed by atoms with Crippen molar-refractivity contribution in [1.29, 1.82) is 0 Å². The van der Waals surface area contributed by atoms with Crippen LogP contribution in [0.5, 0.6) is 0 Å². The van der Waals surface area contributed by atoms with Crippen LogP contribution in [0.2, 0.25) is 0 Å². The molecule has 1 aromatic carbocycles. The molecule has 2 aromatic rings. The minimum Gasteiger partial charge on any atom is -0.370 e. The Morgan fingerprint density at radius 1 is 1.14 bits per heavy atom. The molecule has 1 heterocycles. The first-order valence-corrected chi connectivity index (χ1v) is 8.42. The van der Waals surface area contributed by atoms with E-state index in [1.54, 1.807) is 0 Å². The average molecular weight is 346 g/mol. The van der Waals surface area contributed by atoms with Crippen LogP contribution in [-0.2, 0) is 19.3 Å². The van der Waals surface area contributed by atoms with Gasteiger partial charge in [0.05, 0.1) is 0 Å². The minimum absolute atomic E-state index is 0.793. The van der Waals surface area contributed by atoms with E-state index < -0.39 is 0 Å². The summed E-state index contributed by atoms with van der Waals surface area (Å²) < 4.78 is 1.10. The number of aromatic nitrogens is 2. The number of fused-ring (bicyclic) bond motifs is 1. The molecule has 1 N–H and O–H groups in total. The van der Waals surface area contributed by atoms with Gasteiger partial charge in [0.15, 0.2) is 0 Å². The van der Waals surface area contributed by atoms with Crippen molar-refractivity contribution < 1.29 is 0 Å². The van der Waals surface area contributed by atoms with Gasteiger partial charge in [0.25, 0.3) is 0 Å². The fraction of sp³-hybridized carbons (Fsp3) is 0.412. The molecule has 0 unspecified atom stereocenters. The summed E-state index contributed by atoms with van der Waals surface area (Å²) in [7, 11) is 0. The van der Waals surface area contributed by atoms with Crippen molar-refractivity contribution in [3.8, 4) is 0 Å². The van der Waals surface area contributed by atoms with Gasteiger partial charge in [-0.15, -0.1) is 0 Å². The zero-order valence-corrected chi connectivity index (χ0v) is 13.9. The fourth-order valence-corrected chi connectivity index (χ4v) is 3.00. The summed E-state index contributed by atoms with van der Waals surface area (Å²) >= 11 is 3.47. The molecular formula is C17H20BrN3. The predicted octanol–water partition coefficient (Wildman–Crippen LogP) is 4.14. The van der Waals surface area contributed by atoms with E-state index in [0.717, 1.165) is 48.3 Å². The van der Waals surface area contributed by atoms with Gasteiger partial charge in [-0.05, 0) is 43.4 Å². The summed E-state index contributed by atoms with van der Waals surface area (Å²) in [5.74, 6) is 1.99. The number of nitrogens with zero attached hydrogens (tertiary/aromatic N) is 2. The second-order valence-electron chi connectivity index (χ2n) is 5.50. The van der Waals surface area contributed by atoms with Gasteiger partial charge in [0.2, 0.25) is 0 Å². The third-order valence-electron chi connectivity index (χ3n) is 3.80. The van der Waals surface area contributed by atoms with Crippen molar-refractivity contribution in [1.82, 2.24) is 9.97 Å². The Labute approximate surface area is 134 Å². The summed E-state index contributed by atoms with van der Waals surface area (Å²) in [6, 6.07) is 8.39. The lowest BCUT2D eigenvalue weighted by atomic mass is 10.1. The molecule has 1 aliphatic carbocycles. The van der Waals surface area contributed by atoms with Gasteiger partial charge in [-0.3, -0.25) is 0 Å². The van der Waals surface area contributed by atoms with Crippen molar-refractivity contribution in [3.63, 3.8) is 0 Å². The number of benzene rings is 1. The van der Waals surface area contributed by atoms with E-state index in [0.29, 0.717) is 0 Å². The second kappa shape index (κ2) is 6.56. The number of anilines is 1. The van der Waals surface area contributed by atoms with Gasteiger partial charge < -0.3 is 5.32 Å². The summed E-state index contributed by atoms with van der Waals surface area (Å²) in [5.41, 5.74) is 3.83. The molecule has 3 rings (SSSR count). The fourth-order valence-electron chi connectivity index (χ4n) is 2.74. The number of nitrogens with one attached hydrogen (secondary N) is 1. The minimum atomic E-state index is 0.793. The molecule has 0 saturated carbocycles. The van der Waals surface area contributed by atoms with Crippen LogP contribution in [0.15, 0.2) is 28.7 Å². The molecule has 3 nitrogen and oxygen atoms in total. The Kier molecular flexibility index (Phi) is 4.54. The highest BCUT2D eigenvalue weighted by atomic mass is 79.9. The van der Waals surface area contributed by atoms with Crippen LogP contribution in [0.25, 0.3) is 0 Å². The maximum absolute atomic E-state index is 4.78. The maximum atomic E-state index is 4.78. The number of halogens is 1. The summed E-state index contributed by atoms with van der Waals surface area (Å²) in [4.78, 5) is 9.54. The van der Waals surface area contributed by atoms with E-state index in [9.17, 15) is 0 Å². The summed E-state index contributed by atoms with van der Waals surface area (Å²) in [6.45, 7) is 3.15. The lowest BCUT2D eigenvalue weighted by Crippen LogP contribution is -2.10. The average Bonchev–Trinajstić information content (AvgIpc) is 2.95. The maximum Gasteiger partial charge on any atom is 0.135 e. The highest BCUT2D eigenvalue weighted by Crippen LogP contribution is 2.27. The number of hydrogen-bond donors (Lipinski definition) is 1. The highest BCUT2D eigenvalue weighted by molar-refractivity contribution is 9.10. The first-order valence-electron chi connectivity index (χ1n) is 7.63. The number of rotatable bonds is 5. The van der Waals surface area contributed by atoms with E-state index in [2.05, 4.69) is 52.4 Å². The van der Waals surface area contributed by atoms with Gasteiger partial charge in [-0.2, -0.15) is 0 Å². The molecule has 0 atom stereocenters. The molecule has 0 saturated heterocycles. The van der Waals surface area contributed by atoms with E-state index >= 15 is 0 Å². The molecule has 1 aliphatic rings. The Bertz CT molecular complexity index is 623. The predicted molar refractivity (Wildman–Crippen MR) is 89.8 cm³/mol. The molecule has 1 aromatic heterocycles. The van der Waals surface area contributed by atoms with Crippen LogP contribution in [-0.4, -0.2) is 16.5 Å². The Morgan fingerprint density at radius 2 is 1.95 bits per heavy atom. The van der Waals surface area contributed by atoms with E-state index in [1.807, 2.05) is 0 Å². The molecule has 21 heavy (non-hydrogen) atoms. The first kappa shape index (κ1) is 14.5. The molecule has 0 fully saturated rings. The summed E-state index contributed by atoms with van der Waals surface area (Å²) in [6.07, 6.45) is 5.31.